The van der Waals surface area contributed by atoms with Crippen LogP contribution >= 0.6 is 0 Å². The molecular formula is C27H32N4O5. The van der Waals surface area contributed by atoms with Crippen molar-refractivity contribution in [1.29, 1.82) is 0 Å². The molecule has 0 unspecified atom stereocenters. The highest BCUT2D eigenvalue weighted by Gasteiger charge is 2.38. The number of carbonyl (C=O) groups excluding carboxylic acids is 1. The summed E-state index contributed by atoms with van der Waals surface area (Å²) in [5.74, 6) is 0.207. The zero-order valence-corrected chi connectivity index (χ0v) is 20.8. The number of non-ortho nitro benzene ring substituents is 1. The van der Waals surface area contributed by atoms with Crippen molar-refractivity contribution >= 4 is 17.2 Å². The van der Waals surface area contributed by atoms with Crippen molar-refractivity contribution in [3.63, 3.8) is 0 Å². The van der Waals surface area contributed by atoms with Gasteiger partial charge in [-0.1, -0.05) is 36.6 Å². The molecule has 2 fully saturated rings. The zero-order valence-electron chi connectivity index (χ0n) is 20.8. The van der Waals surface area contributed by atoms with Gasteiger partial charge in [0.1, 0.15) is 6.10 Å². The lowest BCUT2D eigenvalue weighted by Gasteiger charge is -2.30. The van der Waals surface area contributed by atoms with E-state index in [1.54, 1.807) is 12.1 Å². The summed E-state index contributed by atoms with van der Waals surface area (Å²) in [6.07, 6.45) is 9.21. The molecule has 2 aromatic rings. The van der Waals surface area contributed by atoms with Gasteiger partial charge in [0.05, 0.1) is 10.5 Å². The molecule has 190 valence electrons. The maximum absolute atomic E-state index is 13.6. The van der Waals surface area contributed by atoms with E-state index in [2.05, 4.69) is 10.5 Å². The molecule has 1 atom stereocenters. The van der Waals surface area contributed by atoms with Crippen LogP contribution in [0.25, 0.3) is 5.57 Å². The van der Waals surface area contributed by atoms with Crippen molar-refractivity contribution in [2.75, 3.05) is 0 Å². The van der Waals surface area contributed by atoms with Gasteiger partial charge in [-0.2, -0.15) is 4.98 Å². The number of nitrogens with one attached hydrogen (secondary N) is 1. The monoisotopic (exact) mass is 492 g/mol. The third kappa shape index (κ3) is 4.79. The number of dihydropyridines is 1. The van der Waals surface area contributed by atoms with Crippen LogP contribution in [0.2, 0.25) is 0 Å². The molecule has 1 aromatic carbocycles. The van der Waals surface area contributed by atoms with E-state index in [4.69, 9.17) is 14.2 Å². The van der Waals surface area contributed by atoms with Gasteiger partial charge >= 0.3 is 5.97 Å². The minimum atomic E-state index is -0.628. The standard InChI is InChI=1S/C27H32N4O5/c1-16-22(25-29-26(36-30-25)18-9-4-3-5-10-18)24(19-11-8-12-20(15-19)31(33)34)23(17(2)28-16)27(32)35-21-13-6-7-14-21/h8,11-12,15,18,21,24,28H,3-7,9-10,13-14H2,1-2H3/t24-/m0/s1. The van der Waals surface area contributed by atoms with Crippen LogP contribution in [0.4, 0.5) is 5.69 Å². The van der Waals surface area contributed by atoms with Gasteiger partial charge in [0.15, 0.2) is 0 Å². The smallest absolute Gasteiger partial charge is 0.337 e. The zero-order chi connectivity index (χ0) is 25.2. The number of allylic oxidation sites excluding steroid dienone is 3. The summed E-state index contributed by atoms with van der Waals surface area (Å²) in [6, 6.07) is 6.40. The number of nitrogens with zero attached hydrogens (tertiary/aromatic N) is 3. The number of aromatic nitrogens is 2. The number of benzene rings is 1. The van der Waals surface area contributed by atoms with Gasteiger partial charge in [0, 0.05) is 40.9 Å². The molecule has 36 heavy (non-hydrogen) atoms. The topological polar surface area (TPSA) is 120 Å². The van der Waals surface area contributed by atoms with Crippen molar-refractivity contribution in [2.24, 2.45) is 0 Å². The molecule has 0 bridgehead atoms. The van der Waals surface area contributed by atoms with E-state index in [1.165, 1.54) is 18.6 Å². The van der Waals surface area contributed by atoms with Crippen molar-refractivity contribution in [3.05, 3.63) is 68.6 Å². The first kappa shape index (κ1) is 24.2. The Labute approximate surface area is 210 Å². The molecule has 0 amide bonds. The summed E-state index contributed by atoms with van der Waals surface area (Å²) < 4.78 is 11.6. The number of hydrogen-bond donors (Lipinski definition) is 1. The normalized spacial score (nSPS) is 21.6. The Kier molecular flexibility index (Phi) is 6.89. The fraction of sp³-hybridized carbons (Fsp3) is 0.519. The summed E-state index contributed by atoms with van der Waals surface area (Å²) >= 11 is 0. The number of hydrogen-bond acceptors (Lipinski definition) is 8. The van der Waals surface area contributed by atoms with Crippen LogP contribution < -0.4 is 5.32 Å². The molecule has 2 saturated carbocycles. The Morgan fingerprint density at radius 1 is 1.08 bits per heavy atom. The Hall–Kier alpha value is -3.49. The molecule has 9 heteroatoms. The number of ether oxygens (including phenoxy) is 1. The average molecular weight is 493 g/mol. The van der Waals surface area contributed by atoms with Gasteiger partial charge in [0.25, 0.3) is 5.69 Å². The molecule has 9 nitrogen and oxygen atoms in total. The lowest BCUT2D eigenvalue weighted by Crippen LogP contribution is -2.30. The molecule has 0 saturated heterocycles. The van der Waals surface area contributed by atoms with Crippen LogP contribution in [0.1, 0.15) is 101 Å². The molecule has 3 aliphatic rings. The predicted octanol–water partition coefficient (Wildman–Crippen LogP) is 5.90. The number of rotatable bonds is 6. The molecule has 1 aliphatic heterocycles. The molecule has 1 aromatic heterocycles. The fourth-order valence-electron chi connectivity index (χ4n) is 5.79. The molecule has 2 heterocycles. The van der Waals surface area contributed by atoms with Crippen molar-refractivity contribution in [3.8, 4) is 0 Å². The van der Waals surface area contributed by atoms with Crippen LogP contribution in [-0.4, -0.2) is 27.1 Å². The van der Waals surface area contributed by atoms with Gasteiger partial charge in [-0.15, -0.1) is 0 Å². The van der Waals surface area contributed by atoms with Crippen molar-refractivity contribution in [1.82, 2.24) is 15.5 Å². The Morgan fingerprint density at radius 2 is 1.81 bits per heavy atom. The van der Waals surface area contributed by atoms with E-state index in [0.717, 1.165) is 57.1 Å². The van der Waals surface area contributed by atoms with Gasteiger partial charge < -0.3 is 14.6 Å². The Bertz CT molecular complexity index is 1220. The first-order valence-corrected chi connectivity index (χ1v) is 12.9. The molecule has 1 N–H and O–H groups in total. The molecule has 5 rings (SSSR count). The molecule has 0 radical (unpaired) electrons. The van der Waals surface area contributed by atoms with E-state index in [0.29, 0.717) is 34.1 Å². The predicted molar refractivity (Wildman–Crippen MR) is 133 cm³/mol. The second-order valence-electron chi connectivity index (χ2n) is 10.1. The summed E-state index contributed by atoms with van der Waals surface area (Å²) in [7, 11) is 0. The van der Waals surface area contributed by atoms with Crippen molar-refractivity contribution < 1.29 is 19.0 Å². The number of nitro benzene ring substituents is 1. The maximum Gasteiger partial charge on any atom is 0.337 e. The van der Waals surface area contributed by atoms with Gasteiger partial charge in [-0.05, 0) is 57.9 Å². The first-order valence-electron chi connectivity index (χ1n) is 12.9. The number of nitro groups is 1. The van der Waals surface area contributed by atoms with E-state index in [1.807, 2.05) is 13.8 Å². The molecule has 0 spiro atoms. The van der Waals surface area contributed by atoms with Gasteiger partial charge in [-0.3, -0.25) is 10.1 Å². The van der Waals surface area contributed by atoms with E-state index >= 15 is 0 Å². The van der Waals surface area contributed by atoms with E-state index in [-0.39, 0.29) is 17.7 Å². The lowest BCUT2D eigenvalue weighted by molar-refractivity contribution is -0.384. The summed E-state index contributed by atoms with van der Waals surface area (Å²) in [4.78, 5) is 29.5. The summed E-state index contributed by atoms with van der Waals surface area (Å²) in [6.45, 7) is 3.73. The first-order chi connectivity index (χ1) is 17.4. The van der Waals surface area contributed by atoms with Crippen molar-refractivity contribution in [2.45, 2.75) is 89.6 Å². The number of carbonyl (C=O) groups is 1. The van der Waals surface area contributed by atoms with E-state index in [9.17, 15) is 14.9 Å². The Morgan fingerprint density at radius 3 is 2.53 bits per heavy atom. The van der Waals surface area contributed by atoms with Crippen LogP contribution in [0.15, 0.2) is 45.8 Å². The third-order valence-electron chi connectivity index (χ3n) is 7.61. The maximum atomic E-state index is 13.6. The largest absolute Gasteiger partial charge is 0.459 e. The molecular weight excluding hydrogens is 460 g/mol. The fourth-order valence-corrected chi connectivity index (χ4v) is 5.79. The third-order valence-corrected chi connectivity index (χ3v) is 7.61. The average Bonchev–Trinajstić information content (AvgIpc) is 3.56. The second kappa shape index (κ2) is 10.2. The lowest BCUT2D eigenvalue weighted by atomic mass is 9.80. The Balaban J connectivity index is 1.57. The highest BCUT2D eigenvalue weighted by atomic mass is 16.6. The van der Waals surface area contributed by atoms with Crippen LogP contribution in [0.5, 0.6) is 0 Å². The second-order valence-corrected chi connectivity index (χ2v) is 10.1. The van der Waals surface area contributed by atoms with Crippen LogP contribution in [0.3, 0.4) is 0 Å². The van der Waals surface area contributed by atoms with Crippen LogP contribution in [-0.2, 0) is 9.53 Å². The summed E-state index contributed by atoms with van der Waals surface area (Å²) in [5, 5.41) is 19.2. The minimum Gasteiger partial charge on any atom is -0.459 e. The van der Waals surface area contributed by atoms with Gasteiger partial charge in [0.2, 0.25) is 11.7 Å². The molecule has 2 aliphatic carbocycles. The van der Waals surface area contributed by atoms with E-state index < -0.39 is 16.8 Å². The quantitative estimate of drug-likeness (QED) is 0.300. The highest BCUT2D eigenvalue weighted by Crippen LogP contribution is 2.44. The SMILES string of the molecule is CC1=C(C(=O)OC2CCCC2)[C@@H](c2cccc([N+](=O)[O-])c2)C(c2noc(C3CCCCC3)n2)=C(C)N1. The highest BCUT2D eigenvalue weighted by molar-refractivity contribution is 5.97. The summed E-state index contributed by atoms with van der Waals surface area (Å²) in [5.41, 5.74) is 3.10. The minimum absolute atomic E-state index is 0.0415. The number of esters is 1. The van der Waals surface area contributed by atoms with Crippen LogP contribution in [0, 0.1) is 10.1 Å². The van der Waals surface area contributed by atoms with Gasteiger partial charge in [-0.25, -0.2) is 4.79 Å².